The molecular formula is C16H15ClN4OS. The zero-order valence-corrected chi connectivity index (χ0v) is 14.4. The van der Waals surface area contributed by atoms with Gasteiger partial charge in [-0.2, -0.15) is 0 Å². The minimum atomic E-state index is 0.300. The fraction of sp³-hybridized carbons (Fsp3) is 0.250. The van der Waals surface area contributed by atoms with E-state index in [0.717, 1.165) is 23.3 Å². The van der Waals surface area contributed by atoms with Gasteiger partial charge in [-0.15, -0.1) is 10.2 Å². The molecule has 0 atom stereocenters. The van der Waals surface area contributed by atoms with Gasteiger partial charge in [0.25, 0.3) is 5.89 Å². The lowest BCUT2D eigenvalue weighted by molar-refractivity contribution is 0.580. The van der Waals surface area contributed by atoms with Gasteiger partial charge >= 0.3 is 0 Å². The van der Waals surface area contributed by atoms with E-state index in [4.69, 9.17) is 16.0 Å². The van der Waals surface area contributed by atoms with Crippen LogP contribution in [0.5, 0.6) is 0 Å². The molecule has 0 aliphatic heterocycles. The van der Waals surface area contributed by atoms with E-state index < -0.39 is 0 Å². The molecule has 118 valence electrons. The van der Waals surface area contributed by atoms with Gasteiger partial charge in [0.05, 0.1) is 11.2 Å². The molecule has 0 N–H and O–H groups in total. The monoisotopic (exact) mass is 346 g/mol. The Morgan fingerprint density at radius 1 is 1.17 bits per heavy atom. The Kier molecular flexibility index (Phi) is 4.93. The third-order valence-corrected chi connectivity index (χ3v) is 4.50. The van der Waals surface area contributed by atoms with Crippen LogP contribution in [0.3, 0.4) is 0 Å². The highest BCUT2D eigenvalue weighted by Crippen LogP contribution is 2.30. The molecule has 0 bridgehead atoms. The van der Waals surface area contributed by atoms with Crippen LogP contribution in [0.15, 0.2) is 40.0 Å². The van der Waals surface area contributed by atoms with Gasteiger partial charge < -0.3 is 4.42 Å². The van der Waals surface area contributed by atoms with E-state index in [1.54, 1.807) is 18.0 Å². The Morgan fingerprint density at radius 3 is 2.74 bits per heavy atom. The van der Waals surface area contributed by atoms with Gasteiger partial charge in [0, 0.05) is 11.3 Å². The average molecular weight is 347 g/mol. The lowest BCUT2D eigenvalue weighted by Gasteiger charge is -2.02. The molecule has 0 spiro atoms. The molecule has 0 unspecified atom stereocenters. The lowest BCUT2D eigenvalue weighted by Crippen LogP contribution is -1.92. The van der Waals surface area contributed by atoms with E-state index in [0.29, 0.717) is 27.7 Å². The molecule has 1 aromatic carbocycles. The summed E-state index contributed by atoms with van der Waals surface area (Å²) in [5.74, 6) is 1.70. The summed E-state index contributed by atoms with van der Waals surface area (Å²) >= 11 is 7.76. The fourth-order valence-electron chi connectivity index (χ4n) is 2.00. The van der Waals surface area contributed by atoms with Crippen LogP contribution in [-0.4, -0.2) is 25.9 Å². The van der Waals surface area contributed by atoms with Gasteiger partial charge in [-0.1, -0.05) is 48.5 Å². The minimum absolute atomic E-state index is 0.300. The van der Waals surface area contributed by atoms with E-state index in [2.05, 4.69) is 27.1 Å². The Bertz CT molecular complexity index is 821. The number of thioether (sulfide) groups is 1. The molecule has 7 heteroatoms. The van der Waals surface area contributed by atoms with Gasteiger partial charge in [-0.05, 0) is 25.0 Å². The first-order chi connectivity index (χ1) is 11.2. The van der Waals surface area contributed by atoms with E-state index in [1.807, 2.05) is 31.2 Å². The number of nitrogens with zero attached hydrogens (tertiary/aromatic N) is 4. The van der Waals surface area contributed by atoms with E-state index in [1.165, 1.54) is 0 Å². The Hall–Kier alpha value is -1.92. The second-order valence-corrected chi connectivity index (χ2v) is 6.39. The molecule has 2 heterocycles. The van der Waals surface area contributed by atoms with E-state index >= 15 is 0 Å². The molecule has 0 saturated carbocycles. The number of halogens is 1. The molecule has 0 aliphatic rings. The summed E-state index contributed by atoms with van der Waals surface area (Å²) in [5.41, 5.74) is 2.43. The van der Waals surface area contributed by atoms with Crippen LogP contribution in [0.25, 0.3) is 23.0 Å². The standard InChI is InChI=1S/C16H15ClN4OS/c1-3-8-23-16-18-9-12(17)13(19-16)15-21-20-14(22-15)11-7-5-4-6-10(11)2/h4-7,9H,3,8H2,1-2H3. The van der Waals surface area contributed by atoms with Crippen molar-refractivity contribution in [3.8, 4) is 23.0 Å². The van der Waals surface area contributed by atoms with E-state index in [-0.39, 0.29) is 0 Å². The van der Waals surface area contributed by atoms with Gasteiger partial charge in [0.2, 0.25) is 5.89 Å². The molecule has 0 radical (unpaired) electrons. The zero-order valence-electron chi connectivity index (χ0n) is 12.8. The van der Waals surface area contributed by atoms with Crippen LogP contribution in [0.1, 0.15) is 18.9 Å². The topological polar surface area (TPSA) is 64.7 Å². The first kappa shape index (κ1) is 16.0. The Labute approximate surface area is 143 Å². The minimum Gasteiger partial charge on any atom is -0.415 e. The summed E-state index contributed by atoms with van der Waals surface area (Å²) < 4.78 is 5.77. The quantitative estimate of drug-likeness (QED) is 0.494. The van der Waals surface area contributed by atoms with Gasteiger partial charge in [-0.3, -0.25) is 0 Å². The predicted octanol–water partition coefficient (Wildman–Crippen LogP) is 4.66. The Morgan fingerprint density at radius 2 is 1.96 bits per heavy atom. The highest BCUT2D eigenvalue weighted by Gasteiger charge is 2.17. The summed E-state index contributed by atoms with van der Waals surface area (Å²) in [7, 11) is 0. The van der Waals surface area contributed by atoms with Crippen molar-refractivity contribution in [2.45, 2.75) is 25.4 Å². The molecule has 0 amide bonds. The predicted molar refractivity (Wildman–Crippen MR) is 91.5 cm³/mol. The molecule has 23 heavy (non-hydrogen) atoms. The summed E-state index contributed by atoms with van der Waals surface area (Å²) in [6, 6.07) is 7.84. The maximum atomic E-state index is 6.19. The second kappa shape index (κ2) is 7.10. The van der Waals surface area contributed by atoms with E-state index in [9.17, 15) is 0 Å². The number of hydrogen-bond donors (Lipinski definition) is 0. The first-order valence-electron chi connectivity index (χ1n) is 7.24. The number of benzene rings is 1. The van der Waals surface area contributed by atoms with Crippen molar-refractivity contribution in [1.29, 1.82) is 0 Å². The van der Waals surface area contributed by atoms with Crippen LogP contribution in [0.4, 0.5) is 0 Å². The molecule has 5 nitrogen and oxygen atoms in total. The third-order valence-electron chi connectivity index (χ3n) is 3.16. The van der Waals surface area contributed by atoms with Crippen molar-refractivity contribution in [3.05, 3.63) is 41.0 Å². The number of hydrogen-bond acceptors (Lipinski definition) is 6. The summed E-state index contributed by atoms with van der Waals surface area (Å²) in [4.78, 5) is 8.64. The second-order valence-electron chi connectivity index (χ2n) is 4.92. The molecule has 0 saturated heterocycles. The van der Waals surface area contributed by atoms with Crippen molar-refractivity contribution >= 4 is 23.4 Å². The average Bonchev–Trinajstić information content (AvgIpc) is 3.04. The molecule has 2 aromatic heterocycles. The van der Waals surface area contributed by atoms with Crippen molar-refractivity contribution in [2.24, 2.45) is 0 Å². The van der Waals surface area contributed by atoms with Crippen molar-refractivity contribution < 1.29 is 4.42 Å². The maximum absolute atomic E-state index is 6.19. The highest BCUT2D eigenvalue weighted by atomic mass is 35.5. The molecule has 3 aromatic rings. The van der Waals surface area contributed by atoms with Gasteiger partial charge in [0.15, 0.2) is 10.9 Å². The third kappa shape index (κ3) is 3.54. The number of aryl methyl sites for hydroxylation is 1. The van der Waals surface area contributed by atoms with Gasteiger partial charge in [-0.25, -0.2) is 9.97 Å². The molecule has 0 fully saturated rings. The number of rotatable bonds is 5. The largest absolute Gasteiger partial charge is 0.415 e. The molecular weight excluding hydrogens is 332 g/mol. The normalized spacial score (nSPS) is 10.9. The van der Waals surface area contributed by atoms with Crippen LogP contribution < -0.4 is 0 Å². The SMILES string of the molecule is CCCSc1ncc(Cl)c(-c2nnc(-c3ccccc3C)o2)n1. The number of aromatic nitrogens is 4. The fourth-order valence-corrected chi connectivity index (χ4v) is 2.85. The highest BCUT2D eigenvalue weighted by molar-refractivity contribution is 7.99. The van der Waals surface area contributed by atoms with Gasteiger partial charge in [0.1, 0.15) is 0 Å². The Balaban J connectivity index is 1.95. The summed E-state index contributed by atoms with van der Waals surface area (Å²) in [5, 5.41) is 9.25. The molecule has 3 rings (SSSR count). The lowest BCUT2D eigenvalue weighted by atomic mass is 10.1. The van der Waals surface area contributed by atoms with Crippen LogP contribution in [0, 0.1) is 6.92 Å². The van der Waals surface area contributed by atoms with Crippen molar-refractivity contribution in [1.82, 2.24) is 20.2 Å². The summed E-state index contributed by atoms with van der Waals surface area (Å²) in [6.45, 7) is 4.10. The summed E-state index contributed by atoms with van der Waals surface area (Å²) in [6.07, 6.45) is 2.61. The van der Waals surface area contributed by atoms with Crippen LogP contribution in [-0.2, 0) is 0 Å². The maximum Gasteiger partial charge on any atom is 0.268 e. The van der Waals surface area contributed by atoms with Crippen molar-refractivity contribution in [2.75, 3.05) is 5.75 Å². The smallest absolute Gasteiger partial charge is 0.268 e. The zero-order chi connectivity index (χ0) is 16.2. The molecule has 0 aliphatic carbocycles. The van der Waals surface area contributed by atoms with Crippen LogP contribution in [0.2, 0.25) is 5.02 Å². The van der Waals surface area contributed by atoms with Crippen molar-refractivity contribution in [3.63, 3.8) is 0 Å². The van der Waals surface area contributed by atoms with Crippen LogP contribution >= 0.6 is 23.4 Å². The first-order valence-corrected chi connectivity index (χ1v) is 8.60.